The van der Waals surface area contributed by atoms with Crippen LogP contribution in [0.1, 0.15) is 12.0 Å². The van der Waals surface area contributed by atoms with Crippen LogP contribution in [0.5, 0.6) is 0 Å². The van der Waals surface area contributed by atoms with Crippen molar-refractivity contribution in [2.24, 2.45) is 0 Å². The van der Waals surface area contributed by atoms with E-state index in [2.05, 4.69) is 15.6 Å². The van der Waals surface area contributed by atoms with E-state index in [1.165, 1.54) is 17.0 Å². The van der Waals surface area contributed by atoms with E-state index in [-0.39, 0.29) is 29.2 Å². The molecule has 1 aliphatic heterocycles. The van der Waals surface area contributed by atoms with Crippen molar-refractivity contribution >= 4 is 35.0 Å². The summed E-state index contributed by atoms with van der Waals surface area (Å²) >= 11 is 6.21. The maximum Gasteiger partial charge on any atom is 0.322 e. The lowest BCUT2D eigenvalue weighted by Crippen LogP contribution is -2.36. The minimum Gasteiger partial charge on any atom is -0.337 e. The summed E-state index contributed by atoms with van der Waals surface area (Å²) in [5.74, 6) is -0.461. The first-order valence-corrected chi connectivity index (χ1v) is 11.0. The lowest BCUT2D eigenvalue weighted by molar-refractivity contribution is 0.206. The summed E-state index contributed by atoms with van der Waals surface area (Å²) in [6, 6.07) is 11.0. The third kappa shape index (κ3) is 5.61. The molecular formula is C23H24ClFN6O2. The summed E-state index contributed by atoms with van der Waals surface area (Å²) < 4.78 is 16.3. The maximum absolute atomic E-state index is 14.4. The first-order valence-electron chi connectivity index (χ1n) is 10.6. The molecule has 33 heavy (non-hydrogen) atoms. The number of benzene rings is 2. The van der Waals surface area contributed by atoms with Crippen molar-refractivity contribution in [2.75, 3.05) is 29.9 Å². The number of rotatable bonds is 8. The zero-order valence-corrected chi connectivity index (χ0v) is 18.6. The van der Waals surface area contributed by atoms with Crippen LogP contribution in [-0.2, 0) is 13.1 Å². The molecule has 1 saturated heterocycles. The predicted octanol–water partition coefficient (Wildman–Crippen LogP) is 4.33. The van der Waals surface area contributed by atoms with Gasteiger partial charge in [0, 0.05) is 60.5 Å². The van der Waals surface area contributed by atoms with Crippen LogP contribution in [0.2, 0.25) is 5.02 Å². The SMILES string of the molecule is O=C(Nc1cccc(N2CCNC2=O)c1)N(CCCn1ccnc1)Cc1c(F)cccc1Cl. The van der Waals surface area contributed by atoms with Crippen LogP contribution < -0.4 is 15.5 Å². The number of aromatic nitrogens is 2. The van der Waals surface area contributed by atoms with Gasteiger partial charge >= 0.3 is 12.1 Å². The first kappa shape index (κ1) is 22.6. The molecule has 0 atom stereocenters. The minimum absolute atomic E-state index is 0.0233. The molecule has 1 aliphatic rings. The summed E-state index contributed by atoms with van der Waals surface area (Å²) in [5, 5.41) is 5.89. The molecule has 0 saturated carbocycles. The number of urea groups is 2. The Kier molecular flexibility index (Phi) is 7.09. The van der Waals surface area contributed by atoms with Gasteiger partial charge in [-0.15, -0.1) is 0 Å². The van der Waals surface area contributed by atoms with Crippen LogP contribution in [0.25, 0.3) is 0 Å². The molecule has 2 N–H and O–H groups in total. The van der Waals surface area contributed by atoms with Crippen molar-refractivity contribution in [3.05, 3.63) is 77.6 Å². The fourth-order valence-corrected chi connectivity index (χ4v) is 3.88. The largest absolute Gasteiger partial charge is 0.337 e. The van der Waals surface area contributed by atoms with Gasteiger partial charge in [0.05, 0.1) is 12.9 Å². The molecule has 4 amide bonds. The summed E-state index contributed by atoms with van der Waals surface area (Å²) in [5.41, 5.74) is 1.49. The number of anilines is 2. The number of hydrogen-bond donors (Lipinski definition) is 2. The Hall–Kier alpha value is -3.59. The average Bonchev–Trinajstić information content (AvgIpc) is 3.47. The topological polar surface area (TPSA) is 82.5 Å². The third-order valence-electron chi connectivity index (χ3n) is 5.37. The smallest absolute Gasteiger partial charge is 0.322 e. The highest BCUT2D eigenvalue weighted by atomic mass is 35.5. The molecule has 3 aromatic rings. The van der Waals surface area contributed by atoms with Crippen LogP contribution in [0.15, 0.2) is 61.2 Å². The van der Waals surface area contributed by atoms with E-state index in [0.29, 0.717) is 44.0 Å². The number of halogens is 2. The third-order valence-corrected chi connectivity index (χ3v) is 5.72. The Morgan fingerprint density at radius 3 is 2.85 bits per heavy atom. The molecule has 0 spiro atoms. The molecule has 0 unspecified atom stereocenters. The number of nitrogens with one attached hydrogen (secondary N) is 2. The molecule has 0 radical (unpaired) electrons. The zero-order valence-electron chi connectivity index (χ0n) is 17.9. The first-order chi connectivity index (χ1) is 16.0. The van der Waals surface area contributed by atoms with Gasteiger partial charge in [0.15, 0.2) is 0 Å². The molecule has 2 aromatic carbocycles. The Balaban J connectivity index is 1.49. The van der Waals surface area contributed by atoms with Crippen molar-refractivity contribution < 1.29 is 14.0 Å². The molecule has 1 aromatic heterocycles. The molecule has 0 aliphatic carbocycles. The number of amides is 4. The Morgan fingerprint density at radius 2 is 2.12 bits per heavy atom. The van der Waals surface area contributed by atoms with Gasteiger partial charge in [-0.2, -0.15) is 0 Å². The maximum atomic E-state index is 14.4. The van der Waals surface area contributed by atoms with Crippen LogP contribution in [0.4, 0.5) is 25.4 Å². The number of imidazole rings is 1. The highest BCUT2D eigenvalue weighted by Crippen LogP contribution is 2.23. The summed E-state index contributed by atoms with van der Waals surface area (Å²) in [7, 11) is 0. The van der Waals surface area contributed by atoms with Crippen molar-refractivity contribution in [2.45, 2.75) is 19.5 Å². The van der Waals surface area contributed by atoms with E-state index < -0.39 is 5.82 Å². The Labute approximate surface area is 196 Å². The number of aryl methyl sites for hydroxylation is 1. The molecular weight excluding hydrogens is 447 g/mol. The van der Waals surface area contributed by atoms with Gasteiger partial charge in [0.1, 0.15) is 5.82 Å². The van der Waals surface area contributed by atoms with Gasteiger partial charge in [-0.25, -0.2) is 19.0 Å². The Bertz CT molecular complexity index is 1100. The van der Waals surface area contributed by atoms with E-state index >= 15 is 0 Å². The standard InChI is InChI=1S/C23H24ClFN6O2/c24-20-6-2-7-21(25)19(20)15-30(11-3-10-29-12-8-26-16-29)23(33)28-17-4-1-5-18(14-17)31-13-9-27-22(31)32/h1-2,4-8,12,14,16H,3,9-11,13,15H2,(H,27,32)(H,28,33). The fraction of sp³-hybridized carbons (Fsp3) is 0.261. The normalized spacial score (nSPS) is 13.2. The van der Waals surface area contributed by atoms with Crippen LogP contribution in [-0.4, -0.2) is 46.1 Å². The van der Waals surface area contributed by atoms with Gasteiger partial charge in [-0.05, 0) is 36.8 Å². The lowest BCUT2D eigenvalue weighted by atomic mass is 10.2. The molecule has 2 heterocycles. The number of carbonyl (C=O) groups excluding carboxylic acids is 2. The van der Waals surface area contributed by atoms with E-state index in [9.17, 15) is 14.0 Å². The number of nitrogens with zero attached hydrogens (tertiary/aromatic N) is 4. The number of hydrogen-bond acceptors (Lipinski definition) is 3. The minimum atomic E-state index is -0.461. The van der Waals surface area contributed by atoms with Crippen LogP contribution >= 0.6 is 11.6 Å². The quantitative estimate of drug-likeness (QED) is 0.514. The summed E-state index contributed by atoms with van der Waals surface area (Å²) in [6.07, 6.45) is 5.89. The second kappa shape index (κ2) is 10.4. The second-order valence-electron chi connectivity index (χ2n) is 7.64. The molecule has 1 fully saturated rings. The summed E-state index contributed by atoms with van der Waals surface area (Å²) in [6.45, 7) is 2.19. The van der Waals surface area contributed by atoms with Crippen LogP contribution in [0.3, 0.4) is 0 Å². The van der Waals surface area contributed by atoms with Gasteiger partial charge in [-0.3, -0.25) is 4.90 Å². The Morgan fingerprint density at radius 1 is 1.27 bits per heavy atom. The van der Waals surface area contributed by atoms with E-state index in [4.69, 9.17) is 11.6 Å². The van der Waals surface area contributed by atoms with Gasteiger partial charge in [-0.1, -0.05) is 23.7 Å². The monoisotopic (exact) mass is 470 g/mol. The van der Waals surface area contributed by atoms with Gasteiger partial charge in [0.2, 0.25) is 0 Å². The highest BCUT2D eigenvalue weighted by molar-refractivity contribution is 6.31. The predicted molar refractivity (Wildman–Crippen MR) is 125 cm³/mol. The van der Waals surface area contributed by atoms with Crippen LogP contribution in [0, 0.1) is 5.82 Å². The summed E-state index contributed by atoms with van der Waals surface area (Å²) in [4.78, 5) is 32.3. The van der Waals surface area contributed by atoms with E-state index in [1.807, 2.05) is 16.8 Å². The molecule has 0 bridgehead atoms. The van der Waals surface area contributed by atoms with Crippen molar-refractivity contribution in [3.8, 4) is 0 Å². The molecule has 8 nitrogen and oxygen atoms in total. The second-order valence-corrected chi connectivity index (χ2v) is 8.05. The van der Waals surface area contributed by atoms with Crippen molar-refractivity contribution in [1.82, 2.24) is 19.8 Å². The fourth-order valence-electron chi connectivity index (χ4n) is 3.66. The van der Waals surface area contributed by atoms with Gasteiger partial charge < -0.3 is 20.1 Å². The molecule has 172 valence electrons. The van der Waals surface area contributed by atoms with Crippen molar-refractivity contribution in [3.63, 3.8) is 0 Å². The zero-order chi connectivity index (χ0) is 23.2. The van der Waals surface area contributed by atoms with Gasteiger partial charge in [0.25, 0.3) is 0 Å². The van der Waals surface area contributed by atoms with E-state index in [1.54, 1.807) is 41.7 Å². The van der Waals surface area contributed by atoms with E-state index in [0.717, 1.165) is 0 Å². The highest BCUT2D eigenvalue weighted by Gasteiger charge is 2.22. The number of carbonyl (C=O) groups is 2. The average molecular weight is 471 g/mol. The molecule has 4 rings (SSSR count). The molecule has 10 heteroatoms. The lowest BCUT2D eigenvalue weighted by Gasteiger charge is -2.24. The van der Waals surface area contributed by atoms with Crippen molar-refractivity contribution in [1.29, 1.82) is 0 Å².